The molecule has 88 valence electrons. The van der Waals surface area contributed by atoms with Crippen molar-refractivity contribution in [1.82, 2.24) is 0 Å². The van der Waals surface area contributed by atoms with Gasteiger partial charge in [0.05, 0.1) is 10.9 Å². The van der Waals surface area contributed by atoms with Crippen molar-refractivity contribution in [1.29, 1.82) is 0 Å². The highest BCUT2D eigenvalue weighted by Gasteiger charge is 2.08. The van der Waals surface area contributed by atoms with Crippen LogP contribution in [0.1, 0.15) is 0 Å². The van der Waals surface area contributed by atoms with Gasteiger partial charge in [-0.05, 0) is 29.8 Å². The lowest BCUT2D eigenvalue weighted by molar-refractivity contribution is 0.604. The molecule has 0 unspecified atom stereocenters. The van der Waals surface area contributed by atoms with Gasteiger partial charge in [0.2, 0.25) is 0 Å². The van der Waals surface area contributed by atoms with Gasteiger partial charge in [-0.15, -0.1) is 12.6 Å². The Morgan fingerprint density at radius 3 is 2.44 bits per heavy atom. The lowest BCUT2D eigenvalue weighted by Gasteiger charge is -2.02. The van der Waals surface area contributed by atoms with Gasteiger partial charge in [0, 0.05) is 4.90 Å². The fraction of sp³-hybridized carbons (Fsp3) is 0. The van der Waals surface area contributed by atoms with Crippen molar-refractivity contribution >= 4 is 23.6 Å². The second kappa shape index (κ2) is 4.35. The summed E-state index contributed by atoms with van der Waals surface area (Å²) in [6, 6.07) is 14.7. The standard InChI is InChI=1S/C15H10O2S/c16-15-12-3-1-2-4-14(12)17-9-13(15)10-5-7-11(18)8-6-10/h1-9,18H. The van der Waals surface area contributed by atoms with E-state index in [1.54, 1.807) is 12.1 Å². The van der Waals surface area contributed by atoms with E-state index in [1.165, 1.54) is 6.26 Å². The summed E-state index contributed by atoms with van der Waals surface area (Å²) < 4.78 is 5.49. The second-order valence-electron chi connectivity index (χ2n) is 4.02. The van der Waals surface area contributed by atoms with Crippen molar-refractivity contribution in [3.63, 3.8) is 0 Å². The lowest BCUT2D eigenvalue weighted by atomic mass is 10.1. The van der Waals surface area contributed by atoms with E-state index in [4.69, 9.17) is 4.42 Å². The van der Waals surface area contributed by atoms with Crippen LogP contribution in [0.5, 0.6) is 0 Å². The van der Waals surface area contributed by atoms with Gasteiger partial charge in [0.1, 0.15) is 11.8 Å². The van der Waals surface area contributed by atoms with Gasteiger partial charge in [-0.2, -0.15) is 0 Å². The number of thiol groups is 1. The summed E-state index contributed by atoms with van der Waals surface area (Å²) in [6.07, 6.45) is 1.51. The first-order valence-electron chi connectivity index (χ1n) is 5.55. The molecule has 3 heteroatoms. The summed E-state index contributed by atoms with van der Waals surface area (Å²) in [5.74, 6) is 0. The van der Waals surface area contributed by atoms with Crippen LogP contribution in [0.25, 0.3) is 22.1 Å². The third-order valence-electron chi connectivity index (χ3n) is 2.86. The monoisotopic (exact) mass is 254 g/mol. The summed E-state index contributed by atoms with van der Waals surface area (Å²) in [5, 5.41) is 0.602. The zero-order valence-corrected chi connectivity index (χ0v) is 10.4. The van der Waals surface area contributed by atoms with Gasteiger partial charge in [0.15, 0.2) is 5.43 Å². The Hall–Kier alpha value is -2.00. The van der Waals surface area contributed by atoms with Crippen LogP contribution in [-0.4, -0.2) is 0 Å². The highest BCUT2D eigenvalue weighted by molar-refractivity contribution is 7.80. The van der Waals surface area contributed by atoms with Crippen LogP contribution in [0.15, 0.2) is 68.9 Å². The molecule has 18 heavy (non-hydrogen) atoms. The lowest BCUT2D eigenvalue weighted by Crippen LogP contribution is -2.04. The van der Waals surface area contributed by atoms with E-state index in [9.17, 15) is 4.79 Å². The van der Waals surface area contributed by atoms with E-state index in [0.717, 1.165) is 10.5 Å². The number of fused-ring (bicyclic) bond motifs is 1. The minimum absolute atomic E-state index is 0.0104. The largest absolute Gasteiger partial charge is 0.463 e. The summed E-state index contributed by atoms with van der Waals surface area (Å²) in [4.78, 5) is 13.2. The van der Waals surface area contributed by atoms with Crippen molar-refractivity contribution < 1.29 is 4.42 Å². The van der Waals surface area contributed by atoms with E-state index in [-0.39, 0.29) is 5.43 Å². The molecule has 0 amide bonds. The van der Waals surface area contributed by atoms with Crippen LogP contribution < -0.4 is 5.43 Å². The van der Waals surface area contributed by atoms with Gasteiger partial charge in [-0.1, -0.05) is 24.3 Å². The molecule has 2 aromatic carbocycles. The first kappa shape index (κ1) is 11.1. The maximum absolute atomic E-state index is 12.3. The fourth-order valence-corrected chi connectivity index (χ4v) is 2.07. The smallest absolute Gasteiger partial charge is 0.200 e. The van der Waals surface area contributed by atoms with Crippen LogP contribution in [0, 0.1) is 0 Å². The zero-order valence-electron chi connectivity index (χ0n) is 9.46. The summed E-state index contributed by atoms with van der Waals surface area (Å²) in [6.45, 7) is 0. The Labute approximate surface area is 109 Å². The zero-order chi connectivity index (χ0) is 12.5. The molecule has 2 nitrogen and oxygen atoms in total. The number of hydrogen-bond donors (Lipinski definition) is 1. The molecule has 0 bridgehead atoms. The van der Waals surface area contributed by atoms with Crippen molar-refractivity contribution in [2.75, 3.05) is 0 Å². The Bertz CT molecular complexity index is 757. The molecule has 3 rings (SSSR count). The normalized spacial score (nSPS) is 10.7. The Morgan fingerprint density at radius 2 is 1.67 bits per heavy atom. The van der Waals surface area contributed by atoms with E-state index in [0.29, 0.717) is 16.5 Å². The summed E-state index contributed by atoms with van der Waals surface area (Å²) in [7, 11) is 0. The van der Waals surface area contributed by atoms with E-state index in [1.807, 2.05) is 36.4 Å². The molecule has 0 saturated carbocycles. The van der Waals surface area contributed by atoms with Gasteiger partial charge < -0.3 is 4.42 Å². The SMILES string of the molecule is O=c1c(-c2ccc(S)cc2)coc2ccccc12. The second-order valence-corrected chi connectivity index (χ2v) is 4.54. The molecule has 1 heterocycles. The highest BCUT2D eigenvalue weighted by Crippen LogP contribution is 2.20. The molecular weight excluding hydrogens is 244 g/mol. The third-order valence-corrected chi connectivity index (χ3v) is 3.16. The van der Waals surface area contributed by atoms with Crippen LogP contribution in [-0.2, 0) is 0 Å². The van der Waals surface area contributed by atoms with Gasteiger partial charge in [-0.3, -0.25) is 4.79 Å². The first-order valence-corrected chi connectivity index (χ1v) is 6.00. The highest BCUT2D eigenvalue weighted by atomic mass is 32.1. The third kappa shape index (κ3) is 1.83. The van der Waals surface area contributed by atoms with Crippen LogP contribution >= 0.6 is 12.6 Å². The maximum atomic E-state index is 12.3. The Kier molecular flexibility index (Phi) is 2.68. The quantitative estimate of drug-likeness (QED) is 0.670. The molecule has 0 atom stereocenters. The van der Waals surface area contributed by atoms with Gasteiger partial charge >= 0.3 is 0 Å². The number of rotatable bonds is 1. The first-order chi connectivity index (χ1) is 8.75. The predicted molar refractivity (Wildman–Crippen MR) is 75.2 cm³/mol. The van der Waals surface area contributed by atoms with Gasteiger partial charge in [-0.25, -0.2) is 0 Å². The average molecular weight is 254 g/mol. The minimum Gasteiger partial charge on any atom is -0.463 e. The number of benzene rings is 2. The minimum atomic E-state index is -0.0104. The molecule has 3 aromatic rings. The van der Waals surface area contributed by atoms with E-state index >= 15 is 0 Å². The van der Waals surface area contributed by atoms with Crippen molar-refractivity contribution in [2.45, 2.75) is 4.90 Å². The van der Waals surface area contributed by atoms with Crippen molar-refractivity contribution in [3.05, 3.63) is 65.0 Å². The van der Waals surface area contributed by atoms with E-state index in [2.05, 4.69) is 12.6 Å². The Morgan fingerprint density at radius 1 is 0.944 bits per heavy atom. The molecule has 0 aliphatic carbocycles. The maximum Gasteiger partial charge on any atom is 0.200 e. The molecule has 0 aliphatic rings. The molecule has 0 radical (unpaired) electrons. The molecular formula is C15H10O2S. The average Bonchev–Trinajstić information content (AvgIpc) is 2.41. The topological polar surface area (TPSA) is 30.2 Å². The van der Waals surface area contributed by atoms with Crippen LogP contribution in [0.2, 0.25) is 0 Å². The van der Waals surface area contributed by atoms with Crippen LogP contribution in [0.4, 0.5) is 0 Å². The van der Waals surface area contributed by atoms with Crippen molar-refractivity contribution in [3.8, 4) is 11.1 Å². The molecule has 0 fully saturated rings. The Balaban J connectivity index is 2.27. The molecule has 0 saturated heterocycles. The van der Waals surface area contributed by atoms with E-state index < -0.39 is 0 Å². The number of para-hydroxylation sites is 1. The number of hydrogen-bond acceptors (Lipinski definition) is 3. The predicted octanol–water partition coefficient (Wildman–Crippen LogP) is 3.75. The summed E-state index contributed by atoms with van der Waals surface area (Å²) >= 11 is 4.23. The van der Waals surface area contributed by atoms with Crippen molar-refractivity contribution in [2.24, 2.45) is 0 Å². The molecule has 0 spiro atoms. The molecule has 1 aromatic heterocycles. The fourth-order valence-electron chi connectivity index (χ4n) is 1.92. The van der Waals surface area contributed by atoms with Crippen LogP contribution in [0.3, 0.4) is 0 Å². The molecule has 0 N–H and O–H groups in total. The molecule has 0 aliphatic heterocycles. The summed E-state index contributed by atoms with van der Waals surface area (Å²) in [5.41, 5.74) is 2.01. The van der Waals surface area contributed by atoms with Gasteiger partial charge in [0.25, 0.3) is 0 Å².